The van der Waals surface area contributed by atoms with E-state index in [-0.39, 0.29) is 11.6 Å². The zero-order chi connectivity index (χ0) is 14.0. The van der Waals surface area contributed by atoms with E-state index in [2.05, 4.69) is 43.8 Å². The van der Waals surface area contributed by atoms with E-state index in [0.29, 0.717) is 5.56 Å². The first-order valence-corrected chi connectivity index (χ1v) is 7.37. The van der Waals surface area contributed by atoms with Crippen molar-refractivity contribution in [3.63, 3.8) is 0 Å². The molecule has 0 saturated heterocycles. The number of carbonyl (C=O) groups is 1. The van der Waals surface area contributed by atoms with Crippen LogP contribution in [0.1, 0.15) is 15.9 Å². The molecule has 2 aromatic carbocycles. The van der Waals surface area contributed by atoms with Crippen LogP contribution in [-0.4, -0.2) is 5.91 Å². The molecule has 2 rings (SSSR count). The molecular weight excluding hydrogens is 424 g/mol. The predicted octanol–water partition coefficient (Wildman–Crippen LogP) is 4.75. The van der Waals surface area contributed by atoms with Crippen molar-refractivity contribution in [3.8, 4) is 0 Å². The van der Waals surface area contributed by atoms with Crippen molar-refractivity contribution in [1.29, 1.82) is 0 Å². The van der Waals surface area contributed by atoms with Crippen molar-refractivity contribution in [3.05, 3.63) is 61.4 Å². The third-order valence-electron chi connectivity index (χ3n) is 2.54. The molecule has 0 atom stereocenters. The third kappa shape index (κ3) is 3.54. The molecule has 1 N–H and O–H groups in total. The van der Waals surface area contributed by atoms with Crippen LogP contribution in [0, 0.1) is 16.3 Å². The molecule has 0 aliphatic rings. The van der Waals surface area contributed by atoms with Crippen molar-refractivity contribution < 1.29 is 9.18 Å². The van der Waals surface area contributed by atoms with Crippen LogP contribution in [0.3, 0.4) is 0 Å². The minimum absolute atomic E-state index is 0.195. The largest absolute Gasteiger partial charge is 0.319 e. The summed E-state index contributed by atoms with van der Waals surface area (Å²) in [5.41, 5.74) is 1.59. The monoisotopic (exact) mass is 433 g/mol. The lowest BCUT2D eigenvalue weighted by Gasteiger charge is -2.09. The lowest BCUT2D eigenvalue weighted by molar-refractivity contribution is 0.102. The van der Waals surface area contributed by atoms with Gasteiger partial charge in [-0.3, -0.25) is 4.79 Å². The molecule has 2 aromatic rings. The molecular formula is C14H10BrFINO. The molecule has 0 bridgehead atoms. The predicted molar refractivity (Wildman–Crippen MR) is 85.9 cm³/mol. The van der Waals surface area contributed by atoms with Gasteiger partial charge in [0.25, 0.3) is 5.91 Å². The number of carbonyl (C=O) groups excluding carboxylic acids is 1. The minimum Gasteiger partial charge on any atom is -0.319 e. The van der Waals surface area contributed by atoms with Crippen LogP contribution < -0.4 is 5.32 Å². The van der Waals surface area contributed by atoms with Gasteiger partial charge in [0.15, 0.2) is 0 Å². The zero-order valence-corrected chi connectivity index (χ0v) is 13.7. The first-order valence-electron chi connectivity index (χ1n) is 5.50. The summed E-state index contributed by atoms with van der Waals surface area (Å²) >= 11 is 5.39. The van der Waals surface area contributed by atoms with Crippen molar-refractivity contribution >= 4 is 50.1 Å². The first kappa shape index (κ1) is 14.5. The average Bonchev–Trinajstić information content (AvgIpc) is 2.36. The van der Waals surface area contributed by atoms with Crippen molar-refractivity contribution in [2.24, 2.45) is 0 Å². The first-order chi connectivity index (χ1) is 8.97. The van der Waals surface area contributed by atoms with Crippen LogP contribution in [0.25, 0.3) is 0 Å². The number of amides is 1. The number of anilines is 1. The van der Waals surface area contributed by atoms with Gasteiger partial charge in [-0.15, -0.1) is 0 Å². The van der Waals surface area contributed by atoms with Crippen LogP contribution in [0.5, 0.6) is 0 Å². The highest BCUT2D eigenvalue weighted by atomic mass is 127. The minimum atomic E-state index is -0.441. The Bertz CT molecular complexity index is 645. The molecule has 0 aliphatic carbocycles. The summed E-state index contributed by atoms with van der Waals surface area (Å²) in [5, 5.41) is 2.60. The summed E-state index contributed by atoms with van der Waals surface area (Å²) in [6.45, 7) is 1.85. The van der Waals surface area contributed by atoms with E-state index < -0.39 is 5.82 Å². The highest BCUT2D eigenvalue weighted by Crippen LogP contribution is 2.21. The van der Waals surface area contributed by atoms with Crippen LogP contribution in [0.4, 0.5) is 10.1 Å². The molecule has 98 valence electrons. The van der Waals surface area contributed by atoms with Gasteiger partial charge in [0.1, 0.15) is 5.82 Å². The fourth-order valence-electron chi connectivity index (χ4n) is 1.60. The van der Waals surface area contributed by atoms with E-state index in [0.717, 1.165) is 13.6 Å². The van der Waals surface area contributed by atoms with E-state index in [1.807, 2.05) is 19.1 Å². The van der Waals surface area contributed by atoms with E-state index in [1.54, 1.807) is 18.2 Å². The van der Waals surface area contributed by atoms with E-state index >= 15 is 0 Å². The summed E-state index contributed by atoms with van der Waals surface area (Å²) in [6.07, 6.45) is 0. The molecule has 0 aliphatic heterocycles. The highest BCUT2D eigenvalue weighted by molar-refractivity contribution is 14.1. The highest BCUT2D eigenvalue weighted by Gasteiger charge is 2.13. The number of benzene rings is 2. The second kappa shape index (κ2) is 6.00. The molecule has 1 amide bonds. The van der Waals surface area contributed by atoms with Crippen molar-refractivity contribution in [2.75, 3.05) is 5.32 Å². The average molecular weight is 434 g/mol. The summed E-state index contributed by atoms with van der Waals surface area (Å²) in [6, 6.07) is 10.0. The van der Waals surface area contributed by atoms with Gasteiger partial charge in [-0.25, -0.2) is 4.39 Å². The Balaban J connectivity index is 2.30. The molecule has 0 heterocycles. The SMILES string of the molecule is Cc1ccc(F)c(NC(=O)c2cc(Br)ccc2I)c1. The normalized spacial score (nSPS) is 10.3. The molecule has 0 fully saturated rings. The Kier molecular flexibility index (Phi) is 4.57. The maximum atomic E-state index is 13.6. The Hall–Kier alpha value is -0.950. The van der Waals surface area contributed by atoms with Gasteiger partial charge in [0, 0.05) is 8.04 Å². The fraction of sp³-hybridized carbons (Fsp3) is 0.0714. The van der Waals surface area contributed by atoms with Crippen LogP contribution in [0.2, 0.25) is 0 Å². The van der Waals surface area contributed by atoms with Crippen LogP contribution >= 0.6 is 38.5 Å². The quantitative estimate of drug-likeness (QED) is 0.680. The van der Waals surface area contributed by atoms with Gasteiger partial charge in [0.2, 0.25) is 0 Å². The Morgan fingerprint density at radius 1 is 1.26 bits per heavy atom. The number of hydrogen-bond donors (Lipinski definition) is 1. The second-order valence-electron chi connectivity index (χ2n) is 4.06. The Morgan fingerprint density at radius 2 is 2.00 bits per heavy atom. The van der Waals surface area contributed by atoms with Crippen molar-refractivity contribution in [2.45, 2.75) is 6.92 Å². The number of hydrogen-bond acceptors (Lipinski definition) is 1. The number of rotatable bonds is 2. The maximum Gasteiger partial charge on any atom is 0.256 e. The van der Waals surface area contributed by atoms with Crippen molar-refractivity contribution in [1.82, 2.24) is 0 Å². The fourth-order valence-corrected chi connectivity index (χ4v) is 2.54. The molecule has 5 heteroatoms. The molecule has 0 unspecified atom stereocenters. The molecule has 0 saturated carbocycles. The lowest BCUT2D eigenvalue weighted by Crippen LogP contribution is -2.14. The van der Waals surface area contributed by atoms with Gasteiger partial charge < -0.3 is 5.32 Å². The van der Waals surface area contributed by atoms with Crippen LogP contribution in [0.15, 0.2) is 40.9 Å². The van der Waals surface area contributed by atoms with E-state index in [1.165, 1.54) is 6.07 Å². The summed E-state index contributed by atoms with van der Waals surface area (Å²) in [4.78, 5) is 12.1. The lowest BCUT2D eigenvalue weighted by atomic mass is 10.2. The van der Waals surface area contributed by atoms with Gasteiger partial charge in [0.05, 0.1) is 11.3 Å². The number of halogens is 3. The summed E-state index contributed by atoms with van der Waals surface area (Å²) in [7, 11) is 0. The second-order valence-corrected chi connectivity index (χ2v) is 6.14. The number of nitrogens with one attached hydrogen (secondary N) is 1. The molecule has 0 spiro atoms. The third-order valence-corrected chi connectivity index (χ3v) is 3.98. The molecule has 2 nitrogen and oxygen atoms in total. The van der Waals surface area contributed by atoms with Crippen LogP contribution in [-0.2, 0) is 0 Å². The Labute approximate surface area is 132 Å². The summed E-state index contributed by atoms with van der Waals surface area (Å²) < 4.78 is 15.2. The topological polar surface area (TPSA) is 29.1 Å². The number of aryl methyl sites for hydroxylation is 1. The van der Waals surface area contributed by atoms with Gasteiger partial charge in [-0.05, 0) is 65.4 Å². The molecule has 0 aromatic heterocycles. The van der Waals surface area contributed by atoms with E-state index in [4.69, 9.17) is 0 Å². The van der Waals surface area contributed by atoms with Gasteiger partial charge in [-0.2, -0.15) is 0 Å². The Morgan fingerprint density at radius 3 is 2.74 bits per heavy atom. The van der Waals surface area contributed by atoms with Gasteiger partial charge in [-0.1, -0.05) is 22.0 Å². The zero-order valence-electron chi connectivity index (χ0n) is 10.0. The van der Waals surface area contributed by atoms with Gasteiger partial charge >= 0.3 is 0 Å². The maximum absolute atomic E-state index is 13.6. The standard InChI is InChI=1S/C14H10BrFINO/c1-8-2-4-11(16)13(6-8)18-14(19)10-7-9(15)3-5-12(10)17/h2-7H,1H3,(H,18,19). The smallest absolute Gasteiger partial charge is 0.256 e. The van der Waals surface area contributed by atoms with E-state index in [9.17, 15) is 9.18 Å². The summed E-state index contributed by atoms with van der Waals surface area (Å²) in [5.74, 6) is -0.765. The molecule has 0 radical (unpaired) electrons. The molecule has 19 heavy (non-hydrogen) atoms.